The molecular weight excluding hydrogens is 1550 g/mol. The Morgan fingerprint density at radius 2 is 0.492 bits per heavy atom. The van der Waals surface area contributed by atoms with Crippen molar-refractivity contribution in [3.05, 3.63) is 437 Å². The van der Waals surface area contributed by atoms with Gasteiger partial charge in [0.05, 0.1) is 77.9 Å². The molecule has 0 N–H and O–H groups in total. The summed E-state index contributed by atoms with van der Waals surface area (Å²) in [5, 5.41) is 31.7. The monoisotopic (exact) mass is 1620 g/mol. The molecule has 22 aromatic carbocycles. The van der Waals surface area contributed by atoms with E-state index in [2.05, 4.69) is 455 Å². The van der Waals surface area contributed by atoms with Crippen LogP contribution in [0.5, 0.6) is 0 Å². The minimum Gasteiger partial charge on any atom is -0.309 e. The lowest BCUT2D eigenvalue weighted by atomic mass is 9.92. The summed E-state index contributed by atoms with van der Waals surface area (Å²) in [5.74, 6) is 1.40. The Morgan fingerprint density at radius 3 is 0.977 bits per heavy atom. The number of benzene rings is 22. The zero-order valence-electron chi connectivity index (χ0n) is 69.1. The highest BCUT2D eigenvalue weighted by Gasteiger charge is 2.26. The summed E-state index contributed by atoms with van der Waals surface area (Å²) in [6.07, 6.45) is 0. The first-order valence-electron chi connectivity index (χ1n) is 43.8. The van der Waals surface area contributed by atoms with Crippen molar-refractivity contribution in [2.45, 2.75) is 0 Å². The van der Waals surface area contributed by atoms with Crippen LogP contribution >= 0.6 is 0 Å². The number of aromatic nitrogens is 8. The summed E-state index contributed by atoms with van der Waals surface area (Å²) in [4.78, 5) is 21.0. The largest absolute Gasteiger partial charge is 0.309 e. The fraction of sp³-hybridized carbons (Fsp3) is 0. The molecule has 0 aliphatic heterocycles. The van der Waals surface area contributed by atoms with Crippen molar-refractivity contribution in [3.63, 3.8) is 0 Å². The van der Waals surface area contributed by atoms with E-state index in [4.69, 9.17) is 19.9 Å². The summed E-state index contributed by atoms with van der Waals surface area (Å²) in [6.45, 7) is 0. The van der Waals surface area contributed by atoms with Gasteiger partial charge in [0.15, 0.2) is 11.6 Å². The van der Waals surface area contributed by atoms with Crippen LogP contribution in [0.4, 0.5) is 0 Å². The first kappa shape index (κ1) is 71.4. The van der Waals surface area contributed by atoms with Crippen LogP contribution in [0.3, 0.4) is 0 Å². The normalized spacial score (nSPS) is 12.1. The molecule has 28 rings (SSSR count). The van der Waals surface area contributed by atoms with E-state index >= 15 is 0 Å². The van der Waals surface area contributed by atoms with Crippen molar-refractivity contribution in [2.75, 3.05) is 0 Å². The number of para-hydroxylation sites is 4. The quantitative estimate of drug-likeness (QED) is 0.142. The standard InChI is InChI=1S/C64H38N4.C56H34N4/c1-2-16-42-38-60-54(36-41(42)15-1)62-57(26-13-27-58(62)68-56-25-12-10-23-52(56)61-45-17-4-3-14-39(45)31-35-59(61)68)67(60)44-32-28-40(29-33-44)64-65-55-24-11-9-22-51(55)63(66-64)43-30-34-50-48-20-6-5-18-46(48)47-19-7-8-21-49(47)53(50)37-43;1-2-16-39-34-52-46(33-38(39)15-1)54-49(25-12-26-50(54)60-48-24-10-8-21-45(48)53-42-19-6-4-14-36(42)29-32-51(53)60)59(52)40-30-27-37(28-31-40)56-57-47-23-9-7-20-44(47)55(58-56)43-22-11-17-35-13-3-5-18-41(35)43/h1-38H;1-34H. The highest BCUT2D eigenvalue weighted by Crippen LogP contribution is 2.48. The van der Waals surface area contributed by atoms with Gasteiger partial charge in [0.1, 0.15) is 0 Å². The smallest absolute Gasteiger partial charge is 0.160 e. The summed E-state index contributed by atoms with van der Waals surface area (Å²) < 4.78 is 9.82. The highest BCUT2D eigenvalue weighted by atomic mass is 15.0. The highest BCUT2D eigenvalue weighted by molar-refractivity contribution is 6.28. The molecule has 8 heteroatoms. The van der Waals surface area contributed by atoms with Gasteiger partial charge in [0, 0.05) is 87.5 Å². The molecule has 0 fully saturated rings. The molecule has 0 amide bonds. The van der Waals surface area contributed by atoms with Gasteiger partial charge in [-0.15, -0.1) is 0 Å². The molecule has 6 aromatic heterocycles. The molecule has 0 aliphatic carbocycles. The SMILES string of the molecule is c1ccc2cc3c(cc2c1)c1c(-n2c4ccccc4c4c5ccccc5ccc42)cccc1n3-c1ccc(-c2nc(-c3ccc4c5ccccc5c5ccccc5c4c3)c3ccccc3n2)cc1.c1ccc2cc3c(cc2c1)c1c(-n2c4ccccc4c4c5ccccc5ccc42)cccc1n3-c1ccc(-c2nc(-c3cccc4ccccc34)c3ccccc3n2)cc1. The second-order valence-corrected chi connectivity index (χ2v) is 33.8. The second-order valence-electron chi connectivity index (χ2n) is 33.8. The van der Waals surface area contributed by atoms with Crippen LogP contribution in [0.15, 0.2) is 437 Å². The Balaban J connectivity index is 0.000000133. The molecule has 6 heterocycles. The van der Waals surface area contributed by atoms with E-state index in [0.29, 0.717) is 11.6 Å². The predicted molar refractivity (Wildman–Crippen MR) is 538 cm³/mol. The Kier molecular flexibility index (Phi) is 15.7. The van der Waals surface area contributed by atoms with Gasteiger partial charge in [-0.25, -0.2) is 19.9 Å². The third-order valence-electron chi connectivity index (χ3n) is 26.9. The average molecular weight is 1630 g/mol. The molecule has 0 bridgehead atoms. The van der Waals surface area contributed by atoms with Gasteiger partial charge in [0.2, 0.25) is 0 Å². The lowest BCUT2D eigenvalue weighted by Crippen LogP contribution is -1.98. The molecule has 0 unspecified atom stereocenters. The Hall–Kier alpha value is -17.2. The zero-order chi connectivity index (χ0) is 83.8. The van der Waals surface area contributed by atoms with Crippen molar-refractivity contribution in [1.29, 1.82) is 0 Å². The maximum Gasteiger partial charge on any atom is 0.160 e. The first-order chi connectivity index (χ1) is 63.5. The van der Waals surface area contributed by atoms with Crippen LogP contribution < -0.4 is 0 Å². The third kappa shape index (κ3) is 10.9. The molecule has 0 spiro atoms. The van der Waals surface area contributed by atoms with Gasteiger partial charge in [-0.2, -0.15) is 0 Å². The van der Waals surface area contributed by atoms with E-state index in [1.165, 1.54) is 151 Å². The second kappa shape index (κ2) is 28.2. The molecule has 592 valence electrons. The molecular formula is C120H72N8. The lowest BCUT2D eigenvalue weighted by Gasteiger charge is -2.14. The Morgan fingerprint density at radius 1 is 0.156 bits per heavy atom. The van der Waals surface area contributed by atoms with E-state index in [1.807, 2.05) is 0 Å². The maximum atomic E-state index is 5.41. The van der Waals surface area contributed by atoms with Crippen LogP contribution in [0.1, 0.15) is 0 Å². The number of hydrogen-bond donors (Lipinski definition) is 0. The van der Waals surface area contributed by atoms with Crippen molar-refractivity contribution >= 4 is 195 Å². The van der Waals surface area contributed by atoms with E-state index in [1.54, 1.807) is 0 Å². The van der Waals surface area contributed by atoms with Gasteiger partial charge in [0.25, 0.3) is 0 Å². The van der Waals surface area contributed by atoms with E-state index < -0.39 is 0 Å². The van der Waals surface area contributed by atoms with Crippen molar-refractivity contribution in [3.8, 4) is 68.0 Å². The fourth-order valence-corrected chi connectivity index (χ4v) is 21.2. The fourth-order valence-electron chi connectivity index (χ4n) is 21.2. The van der Waals surface area contributed by atoms with Crippen molar-refractivity contribution in [1.82, 2.24) is 38.2 Å². The van der Waals surface area contributed by atoms with Crippen LogP contribution in [0.2, 0.25) is 0 Å². The van der Waals surface area contributed by atoms with Crippen molar-refractivity contribution in [2.24, 2.45) is 0 Å². The molecule has 0 radical (unpaired) electrons. The minimum absolute atomic E-state index is 0.697. The summed E-state index contributed by atoms with van der Waals surface area (Å²) in [7, 11) is 0. The Labute approximate surface area is 733 Å². The predicted octanol–water partition coefficient (Wildman–Crippen LogP) is 31.5. The molecule has 0 aliphatic rings. The van der Waals surface area contributed by atoms with E-state index in [9.17, 15) is 0 Å². The van der Waals surface area contributed by atoms with Gasteiger partial charge in [-0.05, 0) is 226 Å². The molecule has 128 heavy (non-hydrogen) atoms. The number of rotatable bonds is 8. The topological polar surface area (TPSA) is 71.3 Å². The number of nitrogens with zero attached hydrogens (tertiary/aromatic N) is 8. The molecule has 28 aromatic rings. The van der Waals surface area contributed by atoms with Crippen LogP contribution in [0, 0.1) is 0 Å². The van der Waals surface area contributed by atoms with Crippen LogP contribution in [0.25, 0.3) is 263 Å². The summed E-state index contributed by atoms with van der Waals surface area (Å²) >= 11 is 0. The van der Waals surface area contributed by atoms with Gasteiger partial charge >= 0.3 is 0 Å². The summed E-state index contributed by atoms with van der Waals surface area (Å²) in [5.41, 5.74) is 21.7. The molecule has 0 atom stereocenters. The third-order valence-corrected chi connectivity index (χ3v) is 26.9. The molecule has 0 saturated heterocycles. The molecule has 0 saturated carbocycles. The van der Waals surface area contributed by atoms with Gasteiger partial charge in [-0.1, -0.05) is 297 Å². The van der Waals surface area contributed by atoms with Gasteiger partial charge < -0.3 is 18.3 Å². The first-order valence-corrected chi connectivity index (χ1v) is 43.8. The van der Waals surface area contributed by atoms with Gasteiger partial charge in [-0.3, -0.25) is 0 Å². The van der Waals surface area contributed by atoms with Crippen LogP contribution in [-0.2, 0) is 0 Å². The molecule has 8 nitrogen and oxygen atoms in total. The van der Waals surface area contributed by atoms with Crippen molar-refractivity contribution < 1.29 is 0 Å². The summed E-state index contributed by atoms with van der Waals surface area (Å²) in [6, 6.07) is 158. The average Bonchev–Trinajstić information content (AvgIpc) is 1.56. The number of fused-ring (bicyclic) bond motifs is 27. The Bertz CT molecular complexity index is 9560. The van der Waals surface area contributed by atoms with E-state index in [-0.39, 0.29) is 0 Å². The lowest BCUT2D eigenvalue weighted by molar-refractivity contribution is 1.17. The van der Waals surface area contributed by atoms with Crippen LogP contribution in [-0.4, -0.2) is 38.2 Å². The number of hydrogen-bond acceptors (Lipinski definition) is 4. The maximum absolute atomic E-state index is 5.41. The zero-order valence-corrected chi connectivity index (χ0v) is 69.1. The van der Waals surface area contributed by atoms with E-state index in [0.717, 1.165) is 100 Å². The minimum atomic E-state index is 0.697.